The van der Waals surface area contributed by atoms with Gasteiger partial charge < -0.3 is 15.6 Å². The van der Waals surface area contributed by atoms with E-state index in [4.69, 9.17) is 10.8 Å². The van der Waals surface area contributed by atoms with Gasteiger partial charge in [-0.25, -0.2) is 4.99 Å². The van der Waals surface area contributed by atoms with Gasteiger partial charge in [-0.15, -0.1) is 5.11 Å². The first kappa shape index (κ1) is 27.2. The van der Waals surface area contributed by atoms with E-state index in [1.807, 2.05) is 58.3 Å². The fraction of sp³-hybridized carbons (Fsp3) is 0.433. The summed E-state index contributed by atoms with van der Waals surface area (Å²) in [5.74, 6) is 6.56. The van der Waals surface area contributed by atoms with Gasteiger partial charge in [-0.05, 0) is 60.1 Å². The SMILES string of the molecule is CC(C)CN(CC(C)C)C(=O)C1=Cc2ccc(-c3ccc(C(=O)N4CCCC4)cc3)cc2N=C(N=NN)C1. The zero-order chi connectivity index (χ0) is 27.2. The van der Waals surface area contributed by atoms with E-state index in [-0.39, 0.29) is 18.2 Å². The fourth-order valence-corrected chi connectivity index (χ4v) is 5.02. The first-order valence-corrected chi connectivity index (χ1v) is 13.5. The van der Waals surface area contributed by atoms with Gasteiger partial charge in [0, 0.05) is 49.3 Å². The van der Waals surface area contributed by atoms with Crippen molar-refractivity contribution in [3.8, 4) is 11.1 Å². The van der Waals surface area contributed by atoms with Crippen molar-refractivity contribution in [3.63, 3.8) is 0 Å². The van der Waals surface area contributed by atoms with Gasteiger partial charge in [0.1, 0.15) is 0 Å². The summed E-state index contributed by atoms with van der Waals surface area (Å²) in [5.41, 5.74) is 4.80. The summed E-state index contributed by atoms with van der Waals surface area (Å²) in [4.78, 5) is 34.9. The number of aliphatic imine (C=N–C) groups is 1. The van der Waals surface area contributed by atoms with Crippen LogP contribution in [0.4, 0.5) is 5.69 Å². The molecule has 4 rings (SSSR count). The van der Waals surface area contributed by atoms with E-state index >= 15 is 0 Å². The molecule has 0 unspecified atom stereocenters. The molecule has 0 bridgehead atoms. The van der Waals surface area contributed by atoms with Gasteiger partial charge in [-0.1, -0.05) is 57.2 Å². The number of amidine groups is 1. The Morgan fingerprint density at radius 1 is 0.974 bits per heavy atom. The van der Waals surface area contributed by atoms with Crippen molar-refractivity contribution in [3.05, 3.63) is 59.2 Å². The second-order valence-corrected chi connectivity index (χ2v) is 10.9. The van der Waals surface area contributed by atoms with Crippen molar-refractivity contribution in [2.45, 2.75) is 47.0 Å². The number of hydrogen-bond donors (Lipinski definition) is 1. The number of carbonyl (C=O) groups is 2. The van der Waals surface area contributed by atoms with E-state index in [1.54, 1.807) is 0 Å². The summed E-state index contributed by atoms with van der Waals surface area (Å²) < 4.78 is 0. The summed E-state index contributed by atoms with van der Waals surface area (Å²) >= 11 is 0. The van der Waals surface area contributed by atoms with Crippen LogP contribution < -0.4 is 5.84 Å². The number of hydrogen-bond acceptors (Lipinski definition) is 5. The Kier molecular flexibility index (Phi) is 8.71. The molecule has 2 aliphatic heterocycles. The molecule has 1 saturated heterocycles. The van der Waals surface area contributed by atoms with Crippen molar-refractivity contribution in [1.29, 1.82) is 0 Å². The molecule has 38 heavy (non-hydrogen) atoms. The van der Waals surface area contributed by atoms with Crippen LogP contribution in [0.25, 0.3) is 17.2 Å². The van der Waals surface area contributed by atoms with Gasteiger partial charge in [0.15, 0.2) is 5.84 Å². The van der Waals surface area contributed by atoms with Gasteiger partial charge in [-0.3, -0.25) is 9.59 Å². The standard InChI is InChI=1S/C30H38N6O2/c1-20(2)18-36(19-21(3)4)30(38)26-15-25-12-11-24(16-27(25)32-28(17-26)33-34-31)22-7-9-23(10-8-22)29(37)35-13-5-6-14-35/h7-12,15-16,20-21H,5-6,13-14,17-19H2,1-4H3,(H2,31,32,33). The summed E-state index contributed by atoms with van der Waals surface area (Å²) in [6.07, 6.45) is 4.31. The highest BCUT2D eigenvalue weighted by atomic mass is 16.2. The average Bonchev–Trinajstić information content (AvgIpc) is 3.36. The molecule has 200 valence electrons. The summed E-state index contributed by atoms with van der Waals surface area (Å²) in [7, 11) is 0. The molecule has 2 N–H and O–H groups in total. The maximum Gasteiger partial charge on any atom is 0.253 e. The number of nitrogens with zero attached hydrogens (tertiary/aromatic N) is 5. The fourth-order valence-electron chi connectivity index (χ4n) is 5.02. The van der Waals surface area contributed by atoms with Crippen molar-refractivity contribution >= 4 is 29.4 Å². The lowest BCUT2D eigenvalue weighted by Crippen LogP contribution is -2.38. The Bertz CT molecular complexity index is 1240. The molecule has 2 aromatic rings. The third kappa shape index (κ3) is 6.54. The lowest BCUT2D eigenvalue weighted by Gasteiger charge is -2.27. The minimum atomic E-state index is -0.0116. The highest BCUT2D eigenvalue weighted by Gasteiger charge is 2.24. The monoisotopic (exact) mass is 514 g/mol. The quantitative estimate of drug-likeness (QED) is 0.284. The number of amides is 2. The zero-order valence-electron chi connectivity index (χ0n) is 22.9. The molecule has 2 aliphatic rings. The number of carbonyl (C=O) groups excluding carboxylic acids is 2. The smallest absolute Gasteiger partial charge is 0.253 e. The lowest BCUT2D eigenvalue weighted by atomic mass is 9.99. The maximum atomic E-state index is 13.6. The summed E-state index contributed by atoms with van der Waals surface area (Å²) in [6, 6.07) is 13.7. The number of nitrogens with two attached hydrogens (primary N) is 1. The van der Waals surface area contributed by atoms with Crippen LogP contribution in [0.15, 0.2) is 63.4 Å². The topological polar surface area (TPSA) is 104 Å². The van der Waals surface area contributed by atoms with Crippen LogP contribution in [-0.4, -0.2) is 53.6 Å². The summed E-state index contributed by atoms with van der Waals surface area (Å²) in [6.45, 7) is 11.5. The molecule has 8 nitrogen and oxygen atoms in total. The third-order valence-electron chi connectivity index (χ3n) is 6.72. The molecule has 1 fully saturated rings. The van der Waals surface area contributed by atoms with Gasteiger partial charge in [0.05, 0.1) is 5.69 Å². The Labute approximate surface area is 225 Å². The van der Waals surface area contributed by atoms with E-state index in [0.29, 0.717) is 47.6 Å². The van der Waals surface area contributed by atoms with Crippen LogP contribution in [0.3, 0.4) is 0 Å². The van der Waals surface area contributed by atoms with E-state index in [1.165, 1.54) is 0 Å². The van der Waals surface area contributed by atoms with Crippen LogP contribution in [0.1, 0.15) is 62.9 Å². The Morgan fingerprint density at radius 2 is 1.61 bits per heavy atom. The highest BCUT2D eigenvalue weighted by Crippen LogP contribution is 2.33. The van der Waals surface area contributed by atoms with Gasteiger partial charge >= 0.3 is 0 Å². The lowest BCUT2D eigenvalue weighted by molar-refractivity contribution is -0.128. The van der Waals surface area contributed by atoms with Gasteiger partial charge in [0.2, 0.25) is 5.91 Å². The number of fused-ring (bicyclic) bond motifs is 1. The van der Waals surface area contributed by atoms with Crippen molar-refractivity contribution in [1.82, 2.24) is 9.80 Å². The minimum absolute atomic E-state index is 0.0116. The predicted molar refractivity (Wildman–Crippen MR) is 152 cm³/mol. The Morgan fingerprint density at radius 3 is 2.21 bits per heavy atom. The van der Waals surface area contributed by atoms with Crippen molar-refractivity contribution in [2.24, 2.45) is 33.0 Å². The number of rotatable bonds is 7. The molecule has 0 aromatic heterocycles. The van der Waals surface area contributed by atoms with Crippen LogP contribution in [0, 0.1) is 11.8 Å². The Hall–Kier alpha value is -3.81. The first-order valence-electron chi connectivity index (χ1n) is 13.5. The minimum Gasteiger partial charge on any atom is -0.339 e. The van der Waals surface area contributed by atoms with Gasteiger partial charge in [-0.2, -0.15) is 0 Å². The average molecular weight is 515 g/mol. The molecule has 0 radical (unpaired) electrons. The van der Waals surface area contributed by atoms with Gasteiger partial charge in [0.25, 0.3) is 5.91 Å². The van der Waals surface area contributed by atoms with Crippen LogP contribution >= 0.6 is 0 Å². The molecule has 0 saturated carbocycles. The maximum absolute atomic E-state index is 13.6. The van der Waals surface area contributed by atoms with Crippen LogP contribution in [-0.2, 0) is 4.79 Å². The summed E-state index contributed by atoms with van der Waals surface area (Å²) in [5, 5.41) is 7.48. The highest BCUT2D eigenvalue weighted by molar-refractivity contribution is 6.06. The molecule has 2 aromatic carbocycles. The van der Waals surface area contributed by atoms with Crippen LogP contribution in [0.5, 0.6) is 0 Å². The van der Waals surface area contributed by atoms with E-state index in [2.05, 4.69) is 38.0 Å². The van der Waals surface area contributed by atoms with E-state index in [0.717, 1.165) is 42.6 Å². The molecule has 2 heterocycles. The molecule has 2 amide bonds. The van der Waals surface area contributed by atoms with Crippen molar-refractivity contribution < 1.29 is 9.59 Å². The molecule has 0 atom stereocenters. The number of benzene rings is 2. The third-order valence-corrected chi connectivity index (χ3v) is 6.72. The number of likely N-dealkylation sites (tertiary alicyclic amines) is 1. The van der Waals surface area contributed by atoms with Crippen LogP contribution in [0.2, 0.25) is 0 Å². The molecular formula is C30H38N6O2. The van der Waals surface area contributed by atoms with E-state index in [9.17, 15) is 9.59 Å². The molecule has 8 heteroatoms. The van der Waals surface area contributed by atoms with Crippen molar-refractivity contribution in [2.75, 3.05) is 26.2 Å². The molecule has 0 aliphatic carbocycles. The molecule has 0 spiro atoms. The second-order valence-electron chi connectivity index (χ2n) is 10.9. The molecular weight excluding hydrogens is 476 g/mol. The second kappa shape index (κ2) is 12.2. The van der Waals surface area contributed by atoms with E-state index < -0.39 is 0 Å². The normalized spacial score (nSPS) is 15.5. The Balaban J connectivity index is 1.64. The largest absolute Gasteiger partial charge is 0.339 e. The zero-order valence-corrected chi connectivity index (χ0v) is 22.9. The predicted octanol–water partition coefficient (Wildman–Crippen LogP) is 5.87. The first-order chi connectivity index (χ1) is 18.2.